The van der Waals surface area contributed by atoms with E-state index in [0.29, 0.717) is 57.1 Å². The van der Waals surface area contributed by atoms with Crippen LogP contribution in [0.5, 0.6) is 0 Å². The van der Waals surface area contributed by atoms with E-state index >= 15 is 0 Å². The van der Waals surface area contributed by atoms with Crippen molar-refractivity contribution in [2.24, 2.45) is 0 Å². The molecule has 172 valence electrons. The highest BCUT2D eigenvalue weighted by Gasteiger charge is 2.31. The van der Waals surface area contributed by atoms with Crippen LogP contribution < -0.4 is 4.90 Å². The van der Waals surface area contributed by atoms with E-state index in [4.69, 9.17) is 9.72 Å². The topological polar surface area (TPSA) is 82.4 Å². The van der Waals surface area contributed by atoms with Gasteiger partial charge in [0.15, 0.2) is 0 Å². The zero-order valence-corrected chi connectivity index (χ0v) is 19.3. The maximum Gasteiger partial charge on any atom is 0.227 e. The van der Waals surface area contributed by atoms with E-state index < -0.39 is 0 Å². The number of hydrogen-bond donors (Lipinski definition) is 0. The molecular formula is C27H27N5O2. The molecule has 1 atom stereocenters. The number of nitriles is 1. The Hall–Kier alpha value is -3.76. The molecule has 0 bridgehead atoms. The van der Waals surface area contributed by atoms with E-state index in [2.05, 4.69) is 22.9 Å². The normalized spacial score (nSPS) is 17.7. The molecule has 0 N–H and O–H groups in total. The number of piperazine rings is 1. The smallest absolute Gasteiger partial charge is 0.227 e. The number of hydrogen-bond acceptors (Lipinski definition) is 6. The van der Waals surface area contributed by atoms with Gasteiger partial charge in [-0.05, 0) is 30.5 Å². The molecule has 7 heteroatoms. The Morgan fingerprint density at radius 3 is 2.76 bits per heavy atom. The second-order valence-corrected chi connectivity index (χ2v) is 8.82. The third-order valence-electron chi connectivity index (χ3n) is 6.62. The van der Waals surface area contributed by atoms with Crippen LogP contribution in [0.1, 0.15) is 29.2 Å². The van der Waals surface area contributed by atoms with Crippen LogP contribution in [-0.4, -0.2) is 53.1 Å². The fourth-order valence-electron chi connectivity index (χ4n) is 4.92. The summed E-state index contributed by atoms with van der Waals surface area (Å²) in [6.45, 7) is 4.98. The maximum atomic E-state index is 13.0. The number of fused-ring (bicyclic) bond motifs is 1. The molecule has 2 aromatic heterocycles. The standard InChI is InChI=1S/C27H27N5O2/c1-19-17-31(11-12-32(19)25(33)14-20-6-5-10-29-16-20)27-23(15-28)22-9-13-34-18-24(22)26(30-27)21-7-3-2-4-8-21/h2-8,10,16,19H,9,11-14,17-18H2,1H3. The van der Waals surface area contributed by atoms with Crippen LogP contribution in [0.25, 0.3) is 11.3 Å². The van der Waals surface area contributed by atoms with Crippen molar-refractivity contribution in [1.29, 1.82) is 5.26 Å². The lowest BCUT2D eigenvalue weighted by molar-refractivity contribution is -0.132. The van der Waals surface area contributed by atoms with Gasteiger partial charge in [-0.2, -0.15) is 5.26 Å². The predicted octanol–water partition coefficient (Wildman–Crippen LogP) is 3.37. The molecule has 1 unspecified atom stereocenters. The van der Waals surface area contributed by atoms with Crippen molar-refractivity contribution in [1.82, 2.24) is 14.9 Å². The second-order valence-electron chi connectivity index (χ2n) is 8.82. The van der Waals surface area contributed by atoms with Gasteiger partial charge in [0, 0.05) is 49.2 Å². The van der Waals surface area contributed by atoms with E-state index in [0.717, 1.165) is 27.9 Å². The van der Waals surface area contributed by atoms with Gasteiger partial charge in [-0.1, -0.05) is 36.4 Å². The number of carbonyl (C=O) groups is 1. The largest absolute Gasteiger partial charge is 0.376 e. The van der Waals surface area contributed by atoms with Crippen LogP contribution in [0.3, 0.4) is 0 Å². The molecule has 34 heavy (non-hydrogen) atoms. The number of amides is 1. The van der Waals surface area contributed by atoms with Crippen molar-refractivity contribution in [2.45, 2.75) is 32.4 Å². The van der Waals surface area contributed by atoms with Gasteiger partial charge in [-0.3, -0.25) is 9.78 Å². The van der Waals surface area contributed by atoms with Crippen molar-refractivity contribution in [2.75, 3.05) is 31.1 Å². The Balaban J connectivity index is 1.44. The summed E-state index contributed by atoms with van der Waals surface area (Å²) in [5.41, 5.74) is 5.51. The van der Waals surface area contributed by atoms with E-state index in [-0.39, 0.29) is 11.9 Å². The minimum absolute atomic E-state index is 0.00538. The van der Waals surface area contributed by atoms with Crippen molar-refractivity contribution in [3.63, 3.8) is 0 Å². The second kappa shape index (κ2) is 9.62. The fourth-order valence-corrected chi connectivity index (χ4v) is 4.92. The van der Waals surface area contributed by atoms with Crippen molar-refractivity contribution >= 4 is 11.7 Å². The van der Waals surface area contributed by atoms with Crippen molar-refractivity contribution in [3.05, 3.63) is 77.1 Å². The zero-order chi connectivity index (χ0) is 23.5. The molecular weight excluding hydrogens is 426 g/mol. The van der Waals surface area contributed by atoms with Crippen LogP contribution >= 0.6 is 0 Å². The number of nitrogens with zero attached hydrogens (tertiary/aromatic N) is 5. The van der Waals surface area contributed by atoms with Crippen LogP contribution in [0.15, 0.2) is 54.9 Å². The molecule has 5 rings (SSSR count). The monoisotopic (exact) mass is 453 g/mol. The summed E-state index contributed by atoms with van der Waals surface area (Å²) in [7, 11) is 0. The number of aromatic nitrogens is 2. The minimum Gasteiger partial charge on any atom is -0.376 e. The van der Waals surface area contributed by atoms with Crippen molar-refractivity contribution in [3.8, 4) is 17.3 Å². The summed E-state index contributed by atoms with van der Waals surface area (Å²) in [6.07, 6.45) is 4.50. The third kappa shape index (κ3) is 4.25. The molecule has 1 saturated heterocycles. The fraction of sp³-hybridized carbons (Fsp3) is 0.333. The van der Waals surface area contributed by atoms with E-state index in [9.17, 15) is 10.1 Å². The molecule has 2 aliphatic heterocycles. The number of carbonyl (C=O) groups excluding carboxylic acids is 1. The quantitative estimate of drug-likeness (QED) is 0.602. The van der Waals surface area contributed by atoms with Crippen LogP contribution in [-0.2, 0) is 29.0 Å². The Bertz CT molecular complexity index is 1220. The van der Waals surface area contributed by atoms with Gasteiger partial charge in [-0.25, -0.2) is 4.98 Å². The summed E-state index contributed by atoms with van der Waals surface area (Å²) in [4.78, 5) is 26.2. The SMILES string of the molecule is CC1CN(c2nc(-c3ccccc3)c3c(c2C#N)CCOC3)CCN1C(=O)Cc1cccnc1. The molecule has 3 aromatic rings. The summed E-state index contributed by atoms with van der Waals surface area (Å²) in [5.74, 6) is 0.814. The maximum absolute atomic E-state index is 13.0. The molecule has 0 radical (unpaired) electrons. The number of anilines is 1. The van der Waals surface area contributed by atoms with Gasteiger partial charge >= 0.3 is 0 Å². The van der Waals surface area contributed by atoms with E-state index in [1.54, 1.807) is 12.4 Å². The van der Waals surface area contributed by atoms with E-state index in [1.165, 1.54) is 0 Å². The molecule has 7 nitrogen and oxygen atoms in total. The molecule has 0 spiro atoms. The first-order valence-corrected chi connectivity index (χ1v) is 11.7. The average Bonchev–Trinajstić information content (AvgIpc) is 2.88. The van der Waals surface area contributed by atoms with E-state index in [1.807, 2.05) is 47.4 Å². The van der Waals surface area contributed by atoms with Gasteiger partial charge in [0.25, 0.3) is 0 Å². The number of benzene rings is 1. The van der Waals surface area contributed by atoms with Crippen LogP contribution in [0.2, 0.25) is 0 Å². The highest BCUT2D eigenvalue weighted by atomic mass is 16.5. The van der Waals surface area contributed by atoms with Gasteiger partial charge in [0.1, 0.15) is 11.9 Å². The van der Waals surface area contributed by atoms with Crippen LogP contribution in [0.4, 0.5) is 5.82 Å². The summed E-state index contributed by atoms with van der Waals surface area (Å²) >= 11 is 0. The third-order valence-corrected chi connectivity index (χ3v) is 6.62. The molecule has 1 amide bonds. The van der Waals surface area contributed by atoms with Crippen molar-refractivity contribution < 1.29 is 9.53 Å². The minimum atomic E-state index is 0.00538. The Morgan fingerprint density at radius 1 is 1.18 bits per heavy atom. The number of ether oxygens (including phenoxy) is 1. The lowest BCUT2D eigenvalue weighted by atomic mass is 9.93. The highest BCUT2D eigenvalue weighted by Crippen LogP contribution is 2.35. The molecule has 0 aliphatic carbocycles. The van der Waals surface area contributed by atoms with Crippen LogP contribution in [0, 0.1) is 11.3 Å². The summed E-state index contributed by atoms with van der Waals surface area (Å²) < 4.78 is 5.74. The molecule has 0 saturated carbocycles. The zero-order valence-electron chi connectivity index (χ0n) is 19.3. The van der Waals surface area contributed by atoms with Gasteiger partial charge < -0.3 is 14.5 Å². The Morgan fingerprint density at radius 2 is 2.03 bits per heavy atom. The Labute approximate surface area is 199 Å². The lowest BCUT2D eigenvalue weighted by Crippen LogP contribution is -2.55. The first-order valence-electron chi connectivity index (χ1n) is 11.7. The predicted molar refractivity (Wildman–Crippen MR) is 129 cm³/mol. The number of pyridine rings is 2. The molecule has 1 aromatic carbocycles. The Kier molecular flexibility index (Phi) is 6.24. The van der Waals surface area contributed by atoms with Gasteiger partial charge in [0.05, 0.1) is 30.9 Å². The first kappa shape index (κ1) is 22.1. The molecule has 1 fully saturated rings. The average molecular weight is 454 g/mol. The summed E-state index contributed by atoms with van der Waals surface area (Å²) in [5, 5.41) is 10.1. The molecule has 4 heterocycles. The van der Waals surface area contributed by atoms with Gasteiger partial charge in [0.2, 0.25) is 5.91 Å². The lowest BCUT2D eigenvalue weighted by Gasteiger charge is -2.41. The van der Waals surface area contributed by atoms with Gasteiger partial charge in [-0.15, -0.1) is 0 Å². The number of rotatable bonds is 4. The molecule has 2 aliphatic rings. The first-order chi connectivity index (χ1) is 16.7. The highest BCUT2D eigenvalue weighted by molar-refractivity contribution is 5.79. The summed E-state index contributed by atoms with van der Waals surface area (Å²) in [6, 6.07) is 16.3.